The number of hydroxylamine groups is 1. The highest BCUT2D eigenvalue weighted by Crippen LogP contribution is 2.35. The van der Waals surface area contributed by atoms with Gasteiger partial charge in [-0.2, -0.15) is 31.6 Å². The summed E-state index contributed by atoms with van der Waals surface area (Å²) in [4.78, 5) is 10.4. The molecule has 1 saturated heterocycles. The number of aliphatic imine (C=N–C) groups is 1. The number of nitriles is 1. The predicted octanol–water partition coefficient (Wildman–Crippen LogP) is 2.99. The zero-order chi connectivity index (χ0) is 23.9. The zero-order valence-corrected chi connectivity index (χ0v) is 17.6. The second-order valence-corrected chi connectivity index (χ2v) is 7.06. The number of nitrogens with one attached hydrogen (secondary N) is 2. The number of hydrogen-bond acceptors (Lipinski definition) is 8. The second-order valence-electron chi connectivity index (χ2n) is 7.06. The van der Waals surface area contributed by atoms with Gasteiger partial charge in [-0.3, -0.25) is 5.14 Å². The minimum Gasteiger partial charge on any atom is -0.391 e. The van der Waals surface area contributed by atoms with E-state index in [1.165, 1.54) is 6.07 Å². The van der Waals surface area contributed by atoms with Gasteiger partial charge >= 0.3 is 12.4 Å². The molecular formula is C18H22F6N6OS. The summed E-state index contributed by atoms with van der Waals surface area (Å²) in [6.45, 7) is -0.309. The van der Waals surface area contributed by atoms with Gasteiger partial charge in [-0.1, -0.05) is 0 Å². The van der Waals surface area contributed by atoms with Crippen molar-refractivity contribution in [3.63, 3.8) is 0 Å². The fourth-order valence-corrected chi connectivity index (χ4v) is 3.42. The van der Waals surface area contributed by atoms with Crippen molar-refractivity contribution in [2.75, 3.05) is 31.1 Å². The third kappa shape index (κ3) is 7.16. The number of benzene rings is 1. The number of nitrogens with zero attached hydrogens (tertiary/aromatic N) is 3. The summed E-state index contributed by atoms with van der Waals surface area (Å²) >= 11 is 3.03. The van der Waals surface area contributed by atoms with Crippen molar-refractivity contribution < 1.29 is 31.2 Å². The summed E-state index contributed by atoms with van der Waals surface area (Å²) in [5, 5.41) is 16.3. The number of nitrogens with two attached hydrogens (primary N) is 1. The van der Waals surface area contributed by atoms with Gasteiger partial charge < -0.3 is 15.1 Å². The molecule has 0 aromatic heterocycles. The summed E-state index contributed by atoms with van der Waals surface area (Å²) in [5.74, 6) is 0.427. The number of halogens is 6. The topological polar surface area (TPSA) is 98.7 Å². The van der Waals surface area contributed by atoms with Crippen LogP contribution in [0.5, 0.6) is 0 Å². The highest BCUT2D eigenvalue weighted by molar-refractivity contribution is 7.77. The van der Waals surface area contributed by atoms with E-state index in [0.717, 1.165) is 43.0 Å². The molecule has 0 radical (unpaired) electrons. The SMILES string of the molecule is N#Cc1ccc(N(CC2N=C(C3CCNCC3)ON2)CC(F)(F)F)cc1C(F)(F)F.NS. The molecule has 2 aliphatic rings. The number of rotatable bonds is 5. The lowest BCUT2D eigenvalue weighted by molar-refractivity contribution is -0.137. The Balaban J connectivity index is 0.00000176. The van der Waals surface area contributed by atoms with Gasteiger partial charge in [0.1, 0.15) is 6.54 Å². The van der Waals surface area contributed by atoms with Gasteiger partial charge in [0.2, 0.25) is 5.90 Å². The molecule has 2 aliphatic heterocycles. The normalized spacial score (nSPS) is 19.3. The Labute approximate surface area is 186 Å². The summed E-state index contributed by atoms with van der Waals surface area (Å²) in [5.41, 5.74) is 0.288. The van der Waals surface area contributed by atoms with Crippen molar-refractivity contribution in [1.82, 2.24) is 10.8 Å². The first-order valence-corrected chi connectivity index (χ1v) is 9.98. The van der Waals surface area contributed by atoms with Gasteiger partial charge in [-0.05, 0) is 44.1 Å². The Morgan fingerprint density at radius 1 is 1.19 bits per heavy atom. The molecule has 32 heavy (non-hydrogen) atoms. The first-order valence-electron chi connectivity index (χ1n) is 9.46. The molecule has 4 N–H and O–H groups in total. The quantitative estimate of drug-likeness (QED) is 0.379. The first-order chi connectivity index (χ1) is 15.1. The lowest BCUT2D eigenvalue weighted by atomic mass is 9.98. The minimum absolute atomic E-state index is 0.0339. The molecule has 1 aromatic rings. The fourth-order valence-electron chi connectivity index (χ4n) is 3.42. The zero-order valence-electron chi connectivity index (χ0n) is 16.7. The maximum atomic E-state index is 13.2. The molecule has 1 fully saturated rings. The maximum Gasteiger partial charge on any atom is 0.417 e. The average molecular weight is 484 g/mol. The van der Waals surface area contributed by atoms with Crippen LogP contribution in [0.4, 0.5) is 32.0 Å². The molecule has 1 atom stereocenters. The van der Waals surface area contributed by atoms with E-state index >= 15 is 0 Å². The Morgan fingerprint density at radius 2 is 1.84 bits per heavy atom. The van der Waals surface area contributed by atoms with Crippen LogP contribution in [-0.4, -0.2) is 44.4 Å². The van der Waals surface area contributed by atoms with E-state index in [1.54, 1.807) is 0 Å². The summed E-state index contributed by atoms with van der Waals surface area (Å²) in [6.07, 6.45) is -8.87. The molecule has 2 heterocycles. The lowest BCUT2D eigenvalue weighted by Gasteiger charge is -2.28. The minimum atomic E-state index is -4.87. The smallest absolute Gasteiger partial charge is 0.391 e. The molecule has 0 spiro atoms. The van der Waals surface area contributed by atoms with Crippen LogP contribution in [0.2, 0.25) is 0 Å². The number of hydrogen-bond donors (Lipinski definition) is 4. The largest absolute Gasteiger partial charge is 0.417 e. The van der Waals surface area contributed by atoms with Crippen LogP contribution >= 0.6 is 12.8 Å². The number of thiol groups is 1. The molecule has 1 unspecified atom stereocenters. The van der Waals surface area contributed by atoms with Gasteiger partial charge in [0.25, 0.3) is 0 Å². The molecular weight excluding hydrogens is 462 g/mol. The Kier molecular flexibility index (Phi) is 9.02. The molecule has 0 saturated carbocycles. The highest BCUT2D eigenvalue weighted by Gasteiger charge is 2.37. The number of piperidine rings is 1. The van der Waals surface area contributed by atoms with Crippen molar-refractivity contribution in [1.29, 1.82) is 5.26 Å². The molecule has 14 heteroatoms. The third-order valence-corrected chi connectivity index (χ3v) is 4.83. The molecule has 7 nitrogen and oxygen atoms in total. The van der Waals surface area contributed by atoms with E-state index < -0.39 is 36.2 Å². The molecule has 3 rings (SSSR count). The van der Waals surface area contributed by atoms with Crippen LogP contribution in [0.15, 0.2) is 23.2 Å². The van der Waals surface area contributed by atoms with Crippen LogP contribution in [0, 0.1) is 17.2 Å². The van der Waals surface area contributed by atoms with Gasteiger partial charge in [-0.15, -0.1) is 18.3 Å². The highest BCUT2D eigenvalue weighted by atomic mass is 32.1. The van der Waals surface area contributed by atoms with Gasteiger partial charge in [-0.25, -0.2) is 4.99 Å². The van der Waals surface area contributed by atoms with Crippen molar-refractivity contribution in [2.24, 2.45) is 16.0 Å². The third-order valence-electron chi connectivity index (χ3n) is 4.83. The summed E-state index contributed by atoms with van der Waals surface area (Å²) < 4.78 is 79.0. The van der Waals surface area contributed by atoms with Crippen LogP contribution in [0.25, 0.3) is 0 Å². The fraction of sp³-hybridized carbons (Fsp3) is 0.556. The van der Waals surface area contributed by atoms with Crippen molar-refractivity contribution in [3.05, 3.63) is 29.3 Å². The molecule has 0 bridgehead atoms. The van der Waals surface area contributed by atoms with E-state index in [0.29, 0.717) is 12.0 Å². The van der Waals surface area contributed by atoms with Gasteiger partial charge in [0, 0.05) is 11.6 Å². The first kappa shape index (κ1) is 26.0. The van der Waals surface area contributed by atoms with Crippen LogP contribution < -0.4 is 20.8 Å². The Bertz CT molecular complexity index is 835. The van der Waals surface area contributed by atoms with Crippen molar-refractivity contribution in [2.45, 2.75) is 31.4 Å². The second kappa shape index (κ2) is 11.1. The van der Waals surface area contributed by atoms with Crippen LogP contribution in [-0.2, 0) is 11.0 Å². The molecule has 0 amide bonds. The molecule has 178 valence electrons. The monoisotopic (exact) mass is 484 g/mol. The van der Waals surface area contributed by atoms with E-state index in [9.17, 15) is 26.3 Å². The Hall–Kier alpha value is -2.21. The standard InChI is InChI=1S/C18H19F6N5O.H3NS/c19-17(20,21)10-29(13-2-1-12(8-25)14(7-13)18(22,23)24)9-15-27-16(30-28-15)11-3-5-26-6-4-11;1-2/h1-2,7,11,15,26,28H,3-6,9-10H2;2H,1H2. The Morgan fingerprint density at radius 3 is 2.41 bits per heavy atom. The lowest BCUT2D eigenvalue weighted by Crippen LogP contribution is -2.42. The molecule has 0 aliphatic carbocycles. The average Bonchev–Trinajstić information content (AvgIpc) is 3.22. The van der Waals surface area contributed by atoms with Crippen molar-refractivity contribution in [3.8, 4) is 6.07 Å². The van der Waals surface area contributed by atoms with Gasteiger partial charge in [0.05, 0.1) is 23.7 Å². The molecule has 1 aromatic carbocycles. The van der Waals surface area contributed by atoms with Crippen LogP contribution in [0.3, 0.4) is 0 Å². The van der Waals surface area contributed by atoms with E-state index in [4.69, 9.17) is 10.1 Å². The van der Waals surface area contributed by atoms with E-state index in [1.807, 2.05) is 0 Å². The van der Waals surface area contributed by atoms with Gasteiger partial charge in [0.15, 0.2) is 6.17 Å². The summed E-state index contributed by atoms with van der Waals surface area (Å²) in [6, 6.07) is 3.89. The van der Waals surface area contributed by atoms with Crippen LogP contribution in [0.1, 0.15) is 24.0 Å². The van der Waals surface area contributed by atoms with E-state index in [2.05, 4.69) is 33.7 Å². The number of alkyl halides is 6. The predicted molar refractivity (Wildman–Crippen MR) is 109 cm³/mol. The van der Waals surface area contributed by atoms with E-state index in [-0.39, 0.29) is 18.2 Å². The maximum absolute atomic E-state index is 13.2. The number of anilines is 1. The summed E-state index contributed by atoms with van der Waals surface area (Å²) in [7, 11) is 0. The van der Waals surface area contributed by atoms with Crippen molar-refractivity contribution >= 4 is 24.4 Å².